The summed E-state index contributed by atoms with van der Waals surface area (Å²) in [6.45, 7) is 0.384. The van der Waals surface area contributed by atoms with Gasteiger partial charge in [0.1, 0.15) is 10.1 Å². The van der Waals surface area contributed by atoms with Gasteiger partial charge in [-0.3, -0.25) is 20.2 Å². The zero-order valence-corrected chi connectivity index (χ0v) is 33.5. The molecule has 18 nitrogen and oxygen atoms in total. The van der Waals surface area contributed by atoms with Gasteiger partial charge in [-0.05, 0) is 67.4 Å². The lowest BCUT2D eigenvalue weighted by atomic mass is 10.2. The molecule has 0 N–H and O–H groups in total. The molecule has 4 aromatic heterocycles. The van der Waals surface area contributed by atoms with Crippen LogP contribution in [0.25, 0.3) is 34.2 Å². The van der Waals surface area contributed by atoms with Gasteiger partial charge in [0, 0.05) is 24.3 Å². The Bertz CT molecular complexity index is 2640. The van der Waals surface area contributed by atoms with Crippen molar-refractivity contribution in [2.45, 2.75) is 23.1 Å². The first-order chi connectivity index (χ1) is 28.0. The highest BCUT2D eigenvalue weighted by molar-refractivity contribution is 8.76. The summed E-state index contributed by atoms with van der Waals surface area (Å²) in [5, 5.41) is 60.0. The van der Waals surface area contributed by atoms with Crippen molar-refractivity contribution in [2.24, 2.45) is 0 Å². The highest BCUT2D eigenvalue weighted by atomic mass is 35.5. The molecule has 0 fully saturated rings. The van der Waals surface area contributed by atoms with Crippen molar-refractivity contribution in [3.8, 4) is 34.2 Å². The van der Waals surface area contributed by atoms with E-state index in [9.17, 15) is 20.2 Å². The molecule has 0 bridgehead atoms. The third-order valence-electron chi connectivity index (χ3n) is 8.30. The average molecular weight is 895 g/mol. The molecule has 8 rings (SSSR count). The molecule has 0 aliphatic rings. The fourth-order valence-corrected chi connectivity index (χ4v) is 8.73. The van der Waals surface area contributed by atoms with E-state index in [-0.39, 0.29) is 46.2 Å². The first-order valence-electron chi connectivity index (χ1n) is 16.5. The molecule has 0 amide bonds. The van der Waals surface area contributed by atoms with Crippen LogP contribution in [0, 0.1) is 20.2 Å². The van der Waals surface area contributed by atoms with Crippen LogP contribution in [0.1, 0.15) is 11.1 Å². The Balaban J connectivity index is 1.17. The minimum absolute atomic E-state index is 0.0352. The minimum atomic E-state index is -0.472. The number of rotatable bonds is 13. The third kappa shape index (κ3) is 7.97. The number of hydrogen-bond acceptors (Lipinski definition) is 14. The van der Waals surface area contributed by atoms with E-state index in [2.05, 4.69) is 41.0 Å². The lowest BCUT2D eigenvalue weighted by molar-refractivity contribution is -0.385. The molecule has 4 aromatic carbocycles. The standard InChI is InChI=1S/C34H20Cl4N14O4S2/c35-25-3-1-5-27(29(25)37)49-33(23(15-39-49)31-41-45-47(43-31)17-19-7-11-21(12-8-19)51(53)54)57-58-34-24(16-40-50(34)28-6-2-4-26(36)30(28)38)32-42-46-48(44-32)18-20-9-13-22(14-10-20)52(55)56/h1-16H,17-18H2. The Morgan fingerprint density at radius 1 is 0.569 bits per heavy atom. The molecule has 58 heavy (non-hydrogen) atoms. The van der Waals surface area contributed by atoms with Crippen molar-refractivity contribution < 1.29 is 9.85 Å². The number of nitro groups is 2. The van der Waals surface area contributed by atoms with E-state index in [4.69, 9.17) is 46.4 Å². The fourth-order valence-electron chi connectivity index (χ4n) is 5.48. The third-order valence-corrected chi connectivity index (χ3v) is 12.3. The summed E-state index contributed by atoms with van der Waals surface area (Å²) < 4.78 is 3.20. The number of nitrogens with zero attached hydrogens (tertiary/aromatic N) is 14. The maximum absolute atomic E-state index is 11.1. The highest BCUT2D eigenvalue weighted by Crippen LogP contribution is 2.47. The van der Waals surface area contributed by atoms with Gasteiger partial charge in [0.05, 0.1) is 77.9 Å². The summed E-state index contributed by atoms with van der Waals surface area (Å²) >= 11 is 26.3. The van der Waals surface area contributed by atoms with Crippen LogP contribution in [-0.4, -0.2) is 69.8 Å². The quantitative estimate of drug-likeness (QED) is 0.0603. The average Bonchev–Trinajstić information content (AvgIpc) is 4.04. The Labute approximate surface area is 353 Å². The zero-order chi connectivity index (χ0) is 40.5. The van der Waals surface area contributed by atoms with Crippen molar-refractivity contribution in [1.29, 1.82) is 0 Å². The summed E-state index contributed by atoms with van der Waals surface area (Å²) in [7, 11) is 2.52. The van der Waals surface area contributed by atoms with Crippen LogP contribution in [0.3, 0.4) is 0 Å². The Kier molecular flexibility index (Phi) is 11.1. The van der Waals surface area contributed by atoms with E-state index in [1.165, 1.54) is 55.4 Å². The second kappa shape index (κ2) is 16.5. The molecule has 0 atom stereocenters. The van der Waals surface area contributed by atoms with Gasteiger partial charge < -0.3 is 0 Å². The molecule has 0 saturated heterocycles. The number of halogens is 4. The van der Waals surface area contributed by atoms with E-state index in [1.807, 2.05) is 0 Å². The van der Waals surface area contributed by atoms with Crippen molar-refractivity contribution in [3.63, 3.8) is 0 Å². The van der Waals surface area contributed by atoms with Crippen molar-refractivity contribution in [2.75, 3.05) is 0 Å². The van der Waals surface area contributed by atoms with Crippen LogP contribution in [-0.2, 0) is 13.1 Å². The molecule has 0 radical (unpaired) electrons. The normalized spacial score (nSPS) is 11.3. The summed E-state index contributed by atoms with van der Waals surface area (Å²) in [4.78, 5) is 24.0. The summed E-state index contributed by atoms with van der Waals surface area (Å²) in [6.07, 6.45) is 3.15. The van der Waals surface area contributed by atoms with Gasteiger partial charge in [0.25, 0.3) is 11.4 Å². The predicted molar refractivity (Wildman–Crippen MR) is 217 cm³/mol. The van der Waals surface area contributed by atoms with Gasteiger partial charge in [-0.1, -0.05) is 82.8 Å². The van der Waals surface area contributed by atoms with Gasteiger partial charge in [-0.15, -0.1) is 20.4 Å². The van der Waals surface area contributed by atoms with Crippen LogP contribution in [0.2, 0.25) is 20.1 Å². The topological polar surface area (TPSA) is 209 Å². The van der Waals surface area contributed by atoms with E-state index in [0.29, 0.717) is 42.6 Å². The van der Waals surface area contributed by atoms with E-state index < -0.39 is 9.85 Å². The number of benzene rings is 4. The lowest BCUT2D eigenvalue weighted by Gasteiger charge is -2.13. The summed E-state index contributed by atoms with van der Waals surface area (Å²) in [5.41, 5.74) is 3.31. The van der Waals surface area contributed by atoms with Gasteiger partial charge >= 0.3 is 0 Å². The molecule has 8 aromatic rings. The number of nitro benzene ring substituents is 2. The number of aromatic nitrogens is 12. The van der Waals surface area contributed by atoms with Crippen molar-refractivity contribution in [1.82, 2.24) is 60.0 Å². The Hall–Kier alpha value is -5.90. The number of non-ortho nitro benzene ring substituents is 2. The van der Waals surface area contributed by atoms with E-state index in [0.717, 1.165) is 11.1 Å². The fraction of sp³-hybridized carbons (Fsp3) is 0.0588. The van der Waals surface area contributed by atoms with Crippen LogP contribution < -0.4 is 0 Å². The zero-order valence-electron chi connectivity index (χ0n) is 28.9. The molecular weight excluding hydrogens is 874 g/mol. The molecule has 290 valence electrons. The Morgan fingerprint density at radius 2 is 0.966 bits per heavy atom. The number of hydrogen-bond donors (Lipinski definition) is 0. The predicted octanol–water partition coefficient (Wildman–Crippen LogP) is 8.69. The monoisotopic (exact) mass is 892 g/mol. The maximum Gasteiger partial charge on any atom is 0.269 e. The minimum Gasteiger partial charge on any atom is -0.258 e. The highest BCUT2D eigenvalue weighted by Gasteiger charge is 2.26. The molecule has 0 saturated carbocycles. The van der Waals surface area contributed by atoms with Crippen molar-refractivity contribution in [3.05, 3.63) is 149 Å². The van der Waals surface area contributed by atoms with Gasteiger partial charge in [0.15, 0.2) is 0 Å². The van der Waals surface area contributed by atoms with Gasteiger partial charge in [-0.25, -0.2) is 9.36 Å². The largest absolute Gasteiger partial charge is 0.269 e. The SMILES string of the molecule is O=[N+]([O-])c1ccc(Cn2nnc(-c3cnn(-c4cccc(Cl)c4Cl)c3SSc3c(-c4nnn(Cc5ccc([N+](=O)[O-])cc5)n4)cnn3-c3cccc(Cl)c3Cl)n2)cc1. The molecule has 0 spiro atoms. The molecular formula is C34H20Cl4N14O4S2. The maximum atomic E-state index is 11.1. The molecule has 24 heteroatoms. The molecule has 0 unspecified atom stereocenters. The molecule has 0 aliphatic heterocycles. The van der Waals surface area contributed by atoms with Gasteiger partial charge in [-0.2, -0.15) is 19.8 Å². The van der Waals surface area contributed by atoms with E-state index in [1.54, 1.807) is 82.4 Å². The lowest BCUT2D eigenvalue weighted by Crippen LogP contribution is -2.04. The molecule has 0 aliphatic carbocycles. The van der Waals surface area contributed by atoms with Crippen LogP contribution >= 0.6 is 68.0 Å². The van der Waals surface area contributed by atoms with Gasteiger partial charge in [0.2, 0.25) is 11.6 Å². The first-order valence-corrected chi connectivity index (χ1v) is 20.1. The summed E-state index contributed by atoms with van der Waals surface area (Å²) in [5.74, 6) is 0.466. The van der Waals surface area contributed by atoms with Crippen LogP contribution in [0.5, 0.6) is 0 Å². The van der Waals surface area contributed by atoms with Crippen LogP contribution in [0.15, 0.2) is 107 Å². The Morgan fingerprint density at radius 3 is 1.34 bits per heavy atom. The van der Waals surface area contributed by atoms with Crippen molar-refractivity contribution >= 4 is 79.4 Å². The second-order valence-corrected chi connectivity index (χ2v) is 15.7. The smallest absolute Gasteiger partial charge is 0.258 e. The second-order valence-electron chi connectivity index (χ2n) is 12.0. The molecule has 4 heterocycles. The number of tetrazole rings is 2. The first kappa shape index (κ1) is 38.9. The van der Waals surface area contributed by atoms with E-state index >= 15 is 0 Å². The summed E-state index contributed by atoms with van der Waals surface area (Å²) in [6, 6.07) is 22.4. The van der Waals surface area contributed by atoms with Crippen LogP contribution in [0.4, 0.5) is 11.4 Å².